The highest BCUT2D eigenvalue weighted by molar-refractivity contribution is 5.79. The van der Waals surface area contributed by atoms with E-state index >= 15 is 0 Å². The Labute approximate surface area is 129 Å². The third kappa shape index (κ3) is 3.55. The van der Waals surface area contributed by atoms with E-state index in [2.05, 4.69) is 5.32 Å². The maximum absolute atomic E-state index is 12.9. The van der Waals surface area contributed by atoms with Crippen molar-refractivity contribution in [1.29, 1.82) is 0 Å². The molecule has 2 rings (SSSR count). The first kappa shape index (κ1) is 16.3. The molecular weight excluding hydrogens is 287 g/mol. The number of aliphatic carboxylic acids is 1. The number of carboxylic acid groups (broad SMARTS) is 1. The lowest BCUT2D eigenvalue weighted by molar-refractivity contribution is -0.146. The van der Waals surface area contributed by atoms with Gasteiger partial charge in [-0.15, -0.1) is 0 Å². The lowest BCUT2D eigenvalue weighted by Gasteiger charge is -2.21. The van der Waals surface area contributed by atoms with E-state index in [-0.39, 0.29) is 24.3 Å². The highest BCUT2D eigenvalue weighted by Crippen LogP contribution is 2.30. The van der Waals surface area contributed by atoms with Gasteiger partial charge in [-0.3, -0.25) is 4.79 Å². The van der Waals surface area contributed by atoms with Crippen LogP contribution in [0.1, 0.15) is 31.7 Å². The van der Waals surface area contributed by atoms with Crippen LogP contribution in [0.5, 0.6) is 0 Å². The van der Waals surface area contributed by atoms with Gasteiger partial charge in [0.2, 0.25) is 0 Å². The fourth-order valence-corrected chi connectivity index (χ4v) is 2.57. The van der Waals surface area contributed by atoms with Crippen LogP contribution in [0.3, 0.4) is 0 Å². The van der Waals surface area contributed by atoms with E-state index in [1.54, 1.807) is 19.1 Å². The topological polar surface area (TPSA) is 69.6 Å². The SMILES string of the molecule is CC(CNC(=O)N1CCC(C)(C(=O)O)C1)c1ccc(F)cc1. The molecule has 120 valence electrons. The molecule has 6 heteroatoms. The molecule has 1 aliphatic heterocycles. The van der Waals surface area contributed by atoms with Gasteiger partial charge in [-0.25, -0.2) is 9.18 Å². The summed E-state index contributed by atoms with van der Waals surface area (Å²) in [5, 5.41) is 12.0. The van der Waals surface area contributed by atoms with Crippen LogP contribution in [0, 0.1) is 11.2 Å². The molecule has 1 fully saturated rings. The van der Waals surface area contributed by atoms with Crippen molar-refractivity contribution in [2.75, 3.05) is 19.6 Å². The van der Waals surface area contributed by atoms with Crippen LogP contribution in [-0.2, 0) is 4.79 Å². The number of hydrogen-bond donors (Lipinski definition) is 2. The standard InChI is InChI=1S/C16H21FN2O3/c1-11(12-3-5-13(17)6-4-12)9-18-15(22)19-8-7-16(2,10-19)14(20)21/h3-6,11H,7-10H2,1-2H3,(H,18,22)(H,20,21). The zero-order valence-corrected chi connectivity index (χ0v) is 12.8. The third-order valence-electron chi connectivity index (χ3n) is 4.28. The minimum Gasteiger partial charge on any atom is -0.481 e. The van der Waals surface area contributed by atoms with Gasteiger partial charge < -0.3 is 15.3 Å². The summed E-state index contributed by atoms with van der Waals surface area (Å²) in [6.45, 7) is 4.69. The largest absolute Gasteiger partial charge is 0.481 e. The number of amides is 2. The number of likely N-dealkylation sites (tertiary alicyclic amines) is 1. The molecule has 2 N–H and O–H groups in total. The second kappa shape index (κ2) is 6.34. The Kier molecular flexibility index (Phi) is 4.68. The number of carboxylic acids is 1. The molecule has 2 atom stereocenters. The molecule has 1 heterocycles. The zero-order chi connectivity index (χ0) is 16.3. The van der Waals surface area contributed by atoms with Crippen LogP contribution in [0.2, 0.25) is 0 Å². The summed E-state index contributed by atoms with van der Waals surface area (Å²) in [5.41, 5.74) is 0.0819. The van der Waals surface area contributed by atoms with Crippen LogP contribution in [0.4, 0.5) is 9.18 Å². The highest BCUT2D eigenvalue weighted by Gasteiger charge is 2.42. The Balaban J connectivity index is 1.86. The first-order valence-electron chi connectivity index (χ1n) is 7.33. The number of benzene rings is 1. The normalized spacial score (nSPS) is 22.4. The van der Waals surface area contributed by atoms with Crippen molar-refractivity contribution in [3.63, 3.8) is 0 Å². The molecule has 2 amide bonds. The number of nitrogens with one attached hydrogen (secondary N) is 1. The Bertz CT molecular complexity index is 561. The van der Waals surface area contributed by atoms with Crippen LogP contribution in [0.15, 0.2) is 24.3 Å². The fourth-order valence-electron chi connectivity index (χ4n) is 2.57. The number of hydrogen-bond acceptors (Lipinski definition) is 2. The maximum Gasteiger partial charge on any atom is 0.317 e. The van der Waals surface area contributed by atoms with Crippen molar-refractivity contribution in [3.05, 3.63) is 35.6 Å². The second-order valence-electron chi connectivity index (χ2n) is 6.18. The maximum atomic E-state index is 12.9. The molecule has 0 radical (unpaired) electrons. The summed E-state index contributed by atoms with van der Waals surface area (Å²) in [7, 11) is 0. The molecule has 22 heavy (non-hydrogen) atoms. The Morgan fingerprint density at radius 3 is 2.59 bits per heavy atom. The molecule has 5 nitrogen and oxygen atoms in total. The molecule has 0 aromatic heterocycles. The number of halogens is 1. The van der Waals surface area contributed by atoms with E-state index in [4.69, 9.17) is 0 Å². The predicted molar refractivity (Wildman–Crippen MR) is 80.1 cm³/mol. The van der Waals surface area contributed by atoms with E-state index in [0.29, 0.717) is 19.5 Å². The Morgan fingerprint density at radius 1 is 1.41 bits per heavy atom. The average molecular weight is 308 g/mol. The van der Waals surface area contributed by atoms with Crippen LogP contribution >= 0.6 is 0 Å². The van der Waals surface area contributed by atoms with Crippen LogP contribution in [0.25, 0.3) is 0 Å². The van der Waals surface area contributed by atoms with Crippen molar-refractivity contribution in [1.82, 2.24) is 10.2 Å². The fraction of sp³-hybridized carbons (Fsp3) is 0.500. The zero-order valence-electron chi connectivity index (χ0n) is 12.8. The summed E-state index contributed by atoms with van der Waals surface area (Å²) < 4.78 is 12.9. The molecule has 1 saturated heterocycles. The highest BCUT2D eigenvalue weighted by atomic mass is 19.1. The number of carbonyl (C=O) groups is 2. The Hall–Kier alpha value is -2.11. The smallest absolute Gasteiger partial charge is 0.317 e. The van der Waals surface area contributed by atoms with Gasteiger partial charge in [0.25, 0.3) is 0 Å². The van der Waals surface area contributed by atoms with Crippen molar-refractivity contribution < 1.29 is 19.1 Å². The monoisotopic (exact) mass is 308 g/mol. The molecule has 1 aromatic rings. The number of rotatable bonds is 4. The van der Waals surface area contributed by atoms with E-state index in [1.807, 2.05) is 6.92 Å². The number of nitrogens with zero attached hydrogens (tertiary/aromatic N) is 1. The molecule has 0 bridgehead atoms. The van der Waals surface area contributed by atoms with E-state index in [1.165, 1.54) is 17.0 Å². The number of carbonyl (C=O) groups excluding carboxylic acids is 1. The number of urea groups is 1. The summed E-state index contributed by atoms with van der Waals surface area (Å²) >= 11 is 0. The van der Waals surface area contributed by atoms with Gasteiger partial charge in [0, 0.05) is 19.6 Å². The van der Waals surface area contributed by atoms with E-state index in [0.717, 1.165) is 5.56 Å². The second-order valence-corrected chi connectivity index (χ2v) is 6.18. The van der Waals surface area contributed by atoms with Gasteiger partial charge in [0.1, 0.15) is 5.82 Å². The minimum atomic E-state index is -0.873. The lowest BCUT2D eigenvalue weighted by Crippen LogP contribution is -2.42. The van der Waals surface area contributed by atoms with Crippen molar-refractivity contribution >= 4 is 12.0 Å². The molecule has 1 aliphatic rings. The summed E-state index contributed by atoms with van der Waals surface area (Å²) in [4.78, 5) is 24.8. The minimum absolute atomic E-state index is 0.0537. The molecule has 0 saturated carbocycles. The predicted octanol–water partition coefficient (Wildman–Crippen LogP) is 2.44. The van der Waals surface area contributed by atoms with Gasteiger partial charge in [0.15, 0.2) is 0 Å². The lowest BCUT2D eigenvalue weighted by atomic mass is 9.90. The van der Waals surface area contributed by atoms with E-state index < -0.39 is 11.4 Å². The van der Waals surface area contributed by atoms with Crippen molar-refractivity contribution in [2.45, 2.75) is 26.2 Å². The molecule has 0 aliphatic carbocycles. The van der Waals surface area contributed by atoms with Crippen molar-refractivity contribution in [3.8, 4) is 0 Å². The first-order chi connectivity index (χ1) is 10.3. The van der Waals surface area contributed by atoms with E-state index in [9.17, 15) is 19.1 Å². The molecular formula is C16H21FN2O3. The molecule has 0 spiro atoms. The first-order valence-corrected chi connectivity index (χ1v) is 7.33. The summed E-state index contributed by atoms with van der Waals surface area (Å²) in [5.74, 6) is -1.11. The third-order valence-corrected chi connectivity index (χ3v) is 4.28. The Morgan fingerprint density at radius 2 is 2.05 bits per heavy atom. The summed E-state index contributed by atoms with van der Waals surface area (Å²) in [6.07, 6.45) is 0.462. The molecule has 1 aromatic carbocycles. The quantitative estimate of drug-likeness (QED) is 0.897. The summed E-state index contributed by atoms with van der Waals surface area (Å²) in [6, 6.07) is 5.94. The molecule has 2 unspecified atom stereocenters. The van der Waals surface area contributed by atoms with Gasteiger partial charge in [0.05, 0.1) is 5.41 Å². The van der Waals surface area contributed by atoms with Crippen LogP contribution in [-0.4, -0.2) is 41.6 Å². The van der Waals surface area contributed by atoms with Gasteiger partial charge in [-0.1, -0.05) is 19.1 Å². The van der Waals surface area contributed by atoms with Gasteiger partial charge in [-0.2, -0.15) is 0 Å². The average Bonchev–Trinajstić information content (AvgIpc) is 2.89. The van der Waals surface area contributed by atoms with Crippen molar-refractivity contribution in [2.24, 2.45) is 5.41 Å². The van der Waals surface area contributed by atoms with Crippen LogP contribution < -0.4 is 5.32 Å². The van der Waals surface area contributed by atoms with Gasteiger partial charge >= 0.3 is 12.0 Å². The van der Waals surface area contributed by atoms with Gasteiger partial charge in [-0.05, 0) is 37.0 Å².